The van der Waals surface area contributed by atoms with E-state index < -0.39 is 6.43 Å². The van der Waals surface area contributed by atoms with E-state index in [9.17, 15) is 8.78 Å². The molecule has 1 aromatic heterocycles. The molecule has 0 fully saturated rings. The Bertz CT molecular complexity index is 538. The zero-order valence-electron chi connectivity index (χ0n) is 9.91. The number of halogens is 3. The molecule has 2 rings (SSSR count). The van der Waals surface area contributed by atoms with E-state index in [0.717, 1.165) is 11.1 Å². The van der Waals surface area contributed by atoms with Gasteiger partial charge in [0, 0.05) is 10.9 Å². The van der Waals surface area contributed by atoms with Crippen LogP contribution in [0.5, 0.6) is 0 Å². The minimum Gasteiger partial charge on any atom is -0.259 e. The lowest BCUT2D eigenvalue weighted by Gasteiger charge is -2.08. The fourth-order valence-corrected chi connectivity index (χ4v) is 2.33. The molecule has 96 valence electrons. The highest BCUT2D eigenvalue weighted by Gasteiger charge is 2.19. The lowest BCUT2D eigenvalue weighted by Crippen LogP contribution is -2.07. The molecule has 18 heavy (non-hydrogen) atoms. The topological polar surface area (TPSA) is 17.8 Å². The summed E-state index contributed by atoms with van der Waals surface area (Å²) in [6, 6.07) is 7.79. The molecule has 2 aromatic rings. The Balaban J connectivity index is 2.32. The Kier molecular flexibility index (Phi) is 4.11. The van der Waals surface area contributed by atoms with Gasteiger partial charge in [-0.25, -0.2) is 8.78 Å². The summed E-state index contributed by atoms with van der Waals surface area (Å²) in [4.78, 5) is 0. The van der Waals surface area contributed by atoms with Crippen molar-refractivity contribution in [2.75, 3.05) is 0 Å². The highest BCUT2D eigenvalue weighted by atomic mass is 79.9. The van der Waals surface area contributed by atoms with Gasteiger partial charge in [-0.2, -0.15) is 5.10 Å². The van der Waals surface area contributed by atoms with Crippen LogP contribution in [0.3, 0.4) is 0 Å². The average Bonchev–Trinajstić information content (AvgIpc) is 2.72. The summed E-state index contributed by atoms with van der Waals surface area (Å²) in [6.45, 7) is 2.35. The molecule has 1 heterocycles. The lowest BCUT2D eigenvalue weighted by molar-refractivity contribution is 0.139. The van der Waals surface area contributed by atoms with Crippen molar-refractivity contribution in [1.29, 1.82) is 0 Å². The van der Waals surface area contributed by atoms with Crippen molar-refractivity contribution in [2.24, 2.45) is 0 Å². The van der Waals surface area contributed by atoms with E-state index in [-0.39, 0.29) is 5.69 Å². The maximum absolute atomic E-state index is 13.0. The molecule has 5 heteroatoms. The maximum Gasteiger partial charge on any atom is 0.280 e. The standard InChI is InChI=1S/C13H13BrF2N2/c1-9-3-2-4-10(5-9)8-18-12(13(15)16)11(6-14)7-17-18/h2-5,7,13H,6,8H2,1H3. The van der Waals surface area contributed by atoms with Crippen molar-refractivity contribution in [3.05, 3.63) is 52.8 Å². The van der Waals surface area contributed by atoms with Crippen LogP contribution in [0.2, 0.25) is 0 Å². The van der Waals surface area contributed by atoms with E-state index in [1.807, 2.05) is 31.2 Å². The van der Waals surface area contributed by atoms with Crippen molar-refractivity contribution < 1.29 is 8.78 Å². The van der Waals surface area contributed by atoms with Gasteiger partial charge in [-0.05, 0) is 12.5 Å². The second kappa shape index (κ2) is 5.61. The third-order valence-corrected chi connectivity index (χ3v) is 3.33. The largest absolute Gasteiger partial charge is 0.280 e. The van der Waals surface area contributed by atoms with Gasteiger partial charge in [0.15, 0.2) is 0 Å². The monoisotopic (exact) mass is 314 g/mol. The van der Waals surface area contributed by atoms with Crippen LogP contribution in [0.1, 0.15) is 28.8 Å². The van der Waals surface area contributed by atoms with Gasteiger partial charge in [0.2, 0.25) is 0 Å². The minimum absolute atomic E-state index is 0.00613. The van der Waals surface area contributed by atoms with Crippen LogP contribution in [-0.2, 0) is 11.9 Å². The first kappa shape index (κ1) is 13.2. The van der Waals surface area contributed by atoms with Crippen molar-refractivity contribution >= 4 is 15.9 Å². The summed E-state index contributed by atoms with van der Waals surface area (Å²) in [5.41, 5.74) is 2.62. The predicted molar refractivity (Wildman–Crippen MR) is 70.1 cm³/mol. The number of aryl methyl sites for hydroxylation is 1. The summed E-state index contributed by atoms with van der Waals surface area (Å²) in [6.07, 6.45) is -1.02. The van der Waals surface area contributed by atoms with E-state index in [2.05, 4.69) is 21.0 Å². The van der Waals surface area contributed by atoms with E-state index in [4.69, 9.17) is 0 Å². The van der Waals surface area contributed by atoms with Crippen LogP contribution in [0.4, 0.5) is 8.78 Å². The van der Waals surface area contributed by atoms with Gasteiger partial charge in [-0.1, -0.05) is 45.8 Å². The van der Waals surface area contributed by atoms with E-state index >= 15 is 0 Å². The lowest BCUT2D eigenvalue weighted by atomic mass is 10.1. The highest BCUT2D eigenvalue weighted by Crippen LogP contribution is 2.25. The summed E-state index contributed by atoms with van der Waals surface area (Å²) in [5, 5.41) is 4.43. The molecule has 0 aliphatic carbocycles. The van der Waals surface area contributed by atoms with E-state index in [0.29, 0.717) is 17.4 Å². The van der Waals surface area contributed by atoms with Gasteiger partial charge in [0.1, 0.15) is 5.69 Å². The quantitative estimate of drug-likeness (QED) is 0.778. The normalized spacial score (nSPS) is 11.2. The Morgan fingerprint density at radius 2 is 2.17 bits per heavy atom. The molecule has 2 nitrogen and oxygen atoms in total. The van der Waals surface area contributed by atoms with E-state index in [1.165, 1.54) is 10.9 Å². The molecule has 0 amide bonds. The van der Waals surface area contributed by atoms with Gasteiger partial charge in [-0.15, -0.1) is 0 Å². The maximum atomic E-state index is 13.0. The molecule has 0 aliphatic heterocycles. The third kappa shape index (κ3) is 2.77. The van der Waals surface area contributed by atoms with Crippen LogP contribution in [0, 0.1) is 6.92 Å². The molecule has 1 aromatic carbocycles. The second-order valence-electron chi connectivity index (χ2n) is 4.14. The first-order valence-electron chi connectivity index (χ1n) is 5.56. The summed E-state index contributed by atoms with van der Waals surface area (Å²) < 4.78 is 27.4. The van der Waals surface area contributed by atoms with Crippen molar-refractivity contribution in [3.8, 4) is 0 Å². The number of aromatic nitrogens is 2. The van der Waals surface area contributed by atoms with Crippen LogP contribution >= 0.6 is 15.9 Å². The zero-order chi connectivity index (χ0) is 13.1. The molecule has 0 spiro atoms. The number of alkyl halides is 3. The Labute approximate surface area is 113 Å². The molecule has 0 atom stereocenters. The molecule has 0 bridgehead atoms. The molecule has 0 N–H and O–H groups in total. The summed E-state index contributed by atoms with van der Waals surface area (Å²) in [7, 11) is 0. The second-order valence-corrected chi connectivity index (χ2v) is 4.70. The number of hydrogen-bond donors (Lipinski definition) is 0. The third-order valence-electron chi connectivity index (χ3n) is 2.73. The van der Waals surface area contributed by atoms with Crippen LogP contribution < -0.4 is 0 Å². The molecule has 0 unspecified atom stereocenters. The number of hydrogen-bond acceptors (Lipinski definition) is 1. The smallest absolute Gasteiger partial charge is 0.259 e. The number of nitrogens with zero attached hydrogens (tertiary/aromatic N) is 2. The number of rotatable bonds is 4. The first-order chi connectivity index (χ1) is 8.61. The zero-order valence-corrected chi connectivity index (χ0v) is 11.5. The van der Waals surface area contributed by atoms with Gasteiger partial charge in [-0.3, -0.25) is 4.68 Å². The molecule has 0 saturated heterocycles. The van der Waals surface area contributed by atoms with Crippen molar-refractivity contribution in [3.63, 3.8) is 0 Å². The van der Waals surface area contributed by atoms with Crippen LogP contribution in [-0.4, -0.2) is 9.78 Å². The Hall–Kier alpha value is -1.23. The molecule has 0 saturated carbocycles. The Morgan fingerprint density at radius 1 is 1.39 bits per heavy atom. The SMILES string of the molecule is Cc1cccc(Cn2ncc(CBr)c2C(F)F)c1. The summed E-state index contributed by atoms with van der Waals surface area (Å²) in [5.74, 6) is 0. The van der Waals surface area contributed by atoms with Gasteiger partial charge >= 0.3 is 0 Å². The van der Waals surface area contributed by atoms with Crippen LogP contribution in [0.25, 0.3) is 0 Å². The van der Waals surface area contributed by atoms with E-state index in [1.54, 1.807) is 0 Å². The first-order valence-corrected chi connectivity index (χ1v) is 6.68. The molecular formula is C13H13BrF2N2. The van der Waals surface area contributed by atoms with Gasteiger partial charge in [0.25, 0.3) is 6.43 Å². The fraction of sp³-hybridized carbons (Fsp3) is 0.308. The van der Waals surface area contributed by atoms with Gasteiger partial charge < -0.3 is 0 Å². The average molecular weight is 315 g/mol. The molecule has 0 radical (unpaired) electrons. The van der Waals surface area contributed by atoms with Crippen molar-refractivity contribution in [2.45, 2.75) is 25.2 Å². The minimum atomic E-state index is -2.51. The summed E-state index contributed by atoms with van der Waals surface area (Å²) >= 11 is 3.20. The molecule has 0 aliphatic rings. The number of benzene rings is 1. The predicted octanol–water partition coefficient (Wildman–Crippen LogP) is 4.07. The van der Waals surface area contributed by atoms with Crippen LogP contribution in [0.15, 0.2) is 30.5 Å². The fourth-order valence-electron chi connectivity index (χ4n) is 1.90. The van der Waals surface area contributed by atoms with Crippen molar-refractivity contribution in [1.82, 2.24) is 9.78 Å². The Morgan fingerprint density at radius 3 is 2.78 bits per heavy atom. The van der Waals surface area contributed by atoms with Gasteiger partial charge in [0.05, 0.1) is 12.7 Å². The molecular weight excluding hydrogens is 302 g/mol. The highest BCUT2D eigenvalue weighted by molar-refractivity contribution is 9.08.